The molecule has 1 atom stereocenters. The number of nitrogens with zero attached hydrogens (tertiary/aromatic N) is 1. The molecule has 166 valence electrons. The van der Waals surface area contributed by atoms with Crippen LogP contribution < -0.4 is 5.32 Å². The van der Waals surface area contributed by atoms with E-state index in [0.29, 0.717) is 10.6 Å². The van der Waals surface area contributed by atoms with Crippen molar-refractivity contribution in [2.24, 2.45) is 0 Å². The third-order valence-corrected chi connectivity index (χ3v) is 6.19. The number of halogens is 1. The van der Waals surface area contributed by atoms with Crippen LogP contribution in [-0.2, 0) is 9.53 Å². The van der Waals surface area contributed by atoms with Crippen LogP contribution in [0.2, 0.25) is 5.02 Å². The predicted molar refractivity (Wildman–Crippen MR) is 127 cm³/mol. The number of rotatable bonds is 6. The van der Waals surface area contributed by atoms with E-state index in [9.17, 15) is 14.4 Å². The summed E-state index contributed by atoms with van der Waals surface area (Å²) >= 11 is 7.51. The standard InChI is InChI=1S/C24H17ClN2O5S/c1-13(21(28)26-19-12-14(23(29)30)10-11-17(19)25)32-24(31)16-7-3-2-6-15(16)22-27-18-8-4-5-9-20(18)33-22/h2-13H,1H3,(H,26,28)(H,29,30). The molecule has 1 unspecified atom stereocenters. The van der Waals surface area contributed by atoms with Crippen molar-refractivity contribution in [3.05, 3.63) is 82.9 Å². The Balaban J connectivity index is 1.52. The molecule has 4 rings (SSSR count). The summed E-state index contributed by atoms with van der Waals surface area (Å²) in [4.78, 5) is 41.2. The van der Waals surface area contributed by atoms with Crippen molar-refractivity contribution in [1.82, 2.24) is 4.98 Å². The molecule has 0 aliphatic carbocycles. The van der Waals surface area contributed by atoms with Gasteiger partial charge in [0.1, 0.15) is 5.01 Å². The molecule has 3 aromatic carbocycles. The zero-order valence-electron chi connectivity index (χ0n) is 17.2. The fourth-order valence-corrected chi connectivity index (χ4v) is 4.27. The van der Waals surface area contributed by atoms with Crippen molar-refractivity contribution in [1.29, 1.82) is 0 Å². The Morgan fingerprint density at radius 2 is 1.79 bits per heavy atom. The molecular formula is C24H17ClN2O5S. The molecule has 4 aromatic rings. The molecule has 0 aliphatic heterocycles. The van der Waals surface area contributed by atoms with Crippen molar-refractivity contribution in [2.75, 3.05) is 5.32 Å². The van der Waals surface area contributed by atoms with Gasteiger partial charge < -0.3 is 15.2 Å². The summed E-state index contributed by atoms with van der Waals surface area (Å²) in [6.07, 6.45) is -1.16. The molecule has 7 nitrogen and oxygen atoms in total. The Kier molecular flexibility index (Phi) is 6.39. The number of carbonyl (C=O) groups excluding carboxylic acids is 2. The van der Waals surface area contributed by atoms with E-state index in [1.807, 2.05) is 24.3 Å². The molecular weight excluding hydrogens is 464 g/mol. The number of hydrogen-bond donors (Lipinski definition) is 2. The first-order chi connectivity index (χ1) is 15.8. The minimum Gasteiger partial charge on any atom is -0.478 e. The molecule has 1 amide bonds. The van der Waals surface area contributed by atoms with Gasteiger partial charge in [0.15, 0.2) is 6.10 Å². The number of anilines is 1. The summed E-state index contributed by atoms with van der Waals surface area (Å²) < 4.78 is 6.38. The Labute approximate surface area is 197 Å². The quantitative estimate of drug-likeness (QED) is 0.353. The maximum Gasteiger partial charge on any atom is 0.339 e. The van der Waals surface area contributed by atoms with Gasteiger partial charge in [-0.05, 0) is 43.3 Å². The number of esters is 1. The molecule has 0 saturated carbocycles. The number of ether oxygens (including phenoxy) is 1. The fourth-order valence-electron chi connectivity index (χ4n) is 3.10. The normalized spacial score (nSPS) is 11.7. The third-order valence-electron chi connectivity index (χ3n) is 4.80. The van der Waals surface area contributed by atoms with E-state index in [4.69, 9.17) is 21.4 Å². The first-order valence-electron chi connectivity index (χ1n) is 9.83. The van der Waals surface area contributed by atoms with E-state index in [1.54, 1.807) is 24.3 Å². The monoisotopic (exact) mass is 480 g/mol. The summed E-state index contributed by atoms with van der Waals surface area (Å²) in [6, 6.07) is 18.5. The molecule has 0 fully saturated rings. The zero-order chi connectivity index (χ0) is 23.5. The number of para-hydroxylation sites is 1. The van der Waals surface area contributed by atoms with Crippen molar-refractivity contribution >= 4 is 56.7 Å². The van der Waals surface area contributed by atoms with Gasteiger partial charge in [0.25, 0.3) is 5.91 Å². The van der Waals surface area contributed by atoms with Crippen LogP contribution >= 0.6 is 22.9 Å². The molecule has 1 heterocycles. The lowest BCUT2D eigenvalue weighted by Gasteiger charge is -2.15. The molecule has 33 heavy (non-hydrogen) atoms. The molecule has 0 radical (unpaired) electrons. The highest BCUT2D eigenvalue weighted by atomic mass is 35.5. The van der Waals surface area contributed by atoms with Gasteiger partial charge in [-0.1, -0.05) is 41.9 Å². The molecule has 0 spiro atoms. The molecule has 1 aromatic heterocycles. The number of amides is 1. The van der Waals surface area contributed by atoms with E-state index >= 15 is 0 Å². The Morgan fingerprint density at radius 1 is 1.06 bits per heavy atom. The lowest BCUT2D eigenvalue weighted by molar-refractivity contribution is -0.123. The molecule has 9 heteroatoms. The largest absolute Gasteiger partial charge is 0.478 e. The summed E-state index contributed by atoms with van der Waals surface area (Å²) in [6.45, 7) is 1.42. The SMILES string of the molecule is CC(OC(=O)c1ccccc1-c1nc2ccccc2s1)C(=O)Nc1cc(C(=O)O)ccc1Cl. The Hall–Kier alpha value is -3.75. The maximum absolute atomic E-state index is 12.9. The minimum atomic E-state index is -1.16. The van der Waals surface area contributed by atoms with Crippen molar-refractivity contribution in [3.63, 3.8) is 0 Å². The number of thiazole rings is 1. The summed E-state index contributed by atoms with van der Waals surface area (Å²) in [5.41, 5.74) is 1.79. The second-order valence-electron chi connectivity index (χ2n) is 7.07. The number of carboxylic acids is 1. The van der Waals surface area contributed by atoms with E-state index in [1.165, 1.54) is 36.5 Å². The van der Waals surface area contributed by atoms with Gasteiger partial charge in [-0.3, -0.25) is 4.79 Å². The zero-order valence-corrected chi connectivity index (χ0v) is 18.8. The van der Waals surface area contributed by atoms with Crippen LogP contribution in [0.15, 0.2) is 66.7 Å². The first-order valence-corrected chi connectivity index (χ1v) is 11.0. The molecule has 0 aliphatic rings. The highest BCUT2D eigenvalue weighted by Crippen LogP contribution is 2.32. The number of benzene rings is 3. The number of aromatic carboxylic acids is 1. The summed E-state index contributed by atoms with van der Waals surface area (Å²) in [7, 11) is 0. The number of carbonyl (C=O) groups is 3. The van der Waals surface area contributed by atoms with Crippen molar-refractivity contribution in [2.45, 2.75) is 13.0 Å². The fraction of sp³-hybridized carbons (Fsp3) is 0.0833. The number of aromatic nitrogens is 1. The van der Waals surface area contributed by atoms with Gasteiger partial charge in [-0.25, -0.2) is 14.6 Å². The van der Waals surface area contributed by atoms with Gasteiger partial charge in [0.05, 0.1) is 32.1 Å². The number of carboxylic acid groups (broad SMARTS) is 1. The Morgan fingerprint density at radius 3 is 2.55 bits per heavy atom. The van der Waals surface area contributed by atoms with Crippen LogP contribution in [0.25, 0.3) is 20.8 Å². The van der Waals surface area contributed by atoms with Crippen LogP contribution in [0.5, 0.6) is 0 Å². The number of nitrogens with one attached hydrogen (secondary N) is 1. The molecule has 0 bridgehead atoms. The lowest BCUT2D eigenvalue weighted by atomic mass is 10.1. The summed E-state index contributed by atoms with van der Waals surface area (Å²) in [5, 5.41) is 12.5. The van der Waals surface area contributed by atoms with Gasteiger partial charge in [-0.15, -0.1) is 11.3 Å². The van der Waals surface area contributed by atoms with Crippen LogP contribution in [0.4, 0.5) is 5.69 Å². The Bertz CT molecular complexity index is 1350. The highest BCUT2D eigenvalue weighted by Gasteiger charge is 2.23. The van der Waals surface area contributed by atoms with Crippen LogP contribution in [0.3, 0.4) is 0 Å². The average Bonchev–Trinajstić information content (AvgIpc) is 3.24. The van der Waals surface area contributed by atoms with Gasteiger partial charge in [0.2, 0.25) is 0 Å². The minimum absolute atomic E-state index is 0.0379. The third kappa shape index (κ3) is 4.87. The van der Waals surface area contributed by atoms with E-state index in [2.05, 4.69) is 10.3 Å². The van der Waals surface area contributed by atoms with Crippen LogP contribution in [0, 0.1) is 0 Å². The molecule has 0 saturated heterocycles. The maximum atomic E-state index is 12.9. The average molecular weight is 481 g/mol. The van der Waals surface area contributed by atoms with Crippen LogP contribution in [0.1, 0.15) is 27.6 Å². The molecule has 2 N–H and O–H groups in total. The predicted octanol–water partition coefficient (Wildman–Crippen LogP) is 5.50. The number of hydrogen-bond acceptors (Lipinski definition) is 6. The second kappa shape index (κ2) is 9.40. The smallest absolute Gasteiger partial charge is 0.339 e. The second-order valence-corrected chi connectivity index (χ2v) is 8.51. The first kappa shape index (κ1) is 22.4. The van der Waals surface area contributed by atoms with Crippen molar-refractivity contribution < 1.29 is 24.2 Å². The van der Waals surface area contributed by atoms with E-state index in [-0.39, 0.29) is 21.8 Å². The highest BCUT2D eigenvalue weighted by molar-refractivity contribution is 7.21. The van der Waals surface area contributed by atoms with Gasteiger partial charge in [-0.2, -0.15) is 0 Å². The van der Waals surface area contributed by atoms with Gasteiger partial charge in [0, 0.05) is 5.56 Å². The summed E-state index contributed by atoms with van der Waals surface area (Å²) in [5.74, 6) is -2.49. The number of fused-ring (bicyclic) bond motifs is 1. The topological polar surface area (TPSA) is 106 Å². The van der Waals surface area contributed by atoms with E-state index in [0.717, 1.165) is 10.2 Å². The van der Waals surface area contributed by atoms with E-state index < -0.39 is 23.9 Å². The lowest BCUT2D eigenvalue weighted by Crippen LogP contribution is -2.30. The van der Waals surface area contributed by atoms with Crippen molar-refractivity contribution in [3.8, 4) is 10.6 Å². The van der Waals surface area contributed by atoms with Gasteiger partial charge >= 0.3 is 11.9 Å². The van der Waals surface area contributed by atoms with Crippen LogP contribution in [-0.4, -0.2) is 34.0 Å².